The van der Waals surface area contributed by atoms with Crippen LogP contribution in [-0.2, 0) is 13.1 Å². The molecule has 4 nitrogen and oxygen atoms in total. The molecule has 0 spiro atoms. The van der Waals surface area contributed by atoms with Gasteiger partial charge < -0.3 is 5.32 Å². The molecule has 2 aromatic rings. The fraction of sp³-hybridized carbons (Fsp3) is 0.143. The molecule has 110 valence electrons. The molecule has 0 heterocycles. The molecular weight excluding hydrogens is 302 g/mol. The van der Waals surface area contributed by atoms with Gasteiger partial charge in [0, 0.05) is 19.2 Å². The van der Waals surface area contributed by atoms with Crippen LogP contribution in [0.25, 0.3) is 0 Å². The van der Waals surface area contributed by atoms with Crippen molar-refractivity contribution in [3.8, 4) is 0 Å². The number of rotatable bonds is 5. The maximum atomic E-state index is 13.0. The highest BCUT2D eigenvalue weighted by Gasteiger charge is 2.12. The van der Waals surface area contributed by atoms with E-state index >= 15 is 0 Å². The van der Waals surface area contributed by atoms with Crippen LogP contribution >= 0.6 is 11.6 Å². The first-order chi connectivity index (χ1) is 9.97. The molecule has 0 atom stereocenters. The Hall–Kier alpha value is -2.05. The van der Waals surface area contributed by atoms with E-state index in [-0.39, 0.29) is 10.7 Å². The summed E-state index contributed by atoms with van der Waals surface area (Å²) in [6.07, 6.45) is 0. The summed E-state index contributed by atoms with van der Waals surface area (Å²) >= 11 is 5.71. The SMILES string of the molecule is O=[N+]([O-])c1cc(CNCc2ccc(F)c(F)c2)ccc1Cl. The minimum Gasteiger partial charge on any atom is -0.309 e. The molecule has 0 aromatic heterocycles. The van der Waals surface area contributed by atoms with Gasteiger partial charge in [-0.1, -0.05) is 23.7 Å². The van der Waals surface area contributed by atoms with E-state index in [1.54, 1.807) is 6.07 Å². The second-order valence-electron chi connectivity index (χ2n) is 4.39. The smallest absolute Gasteiger partial charge is 0.288 e. The van der Waals surface area contributed by atoms with Crippen LogP contribution in [0.1, 0.15) is 11.1 Å². The van der Waals surface area contributed by atoms with Crippen molar-refractivity contribution in [2.45, 2.75) is 13.1 Å². The van der Waals surface area contributed by atoms with Crippen LogP contribution in [0, 0.1) is 21.7 Å². The molecule has 0 aliphatic carbocycles. The van der Waals surface area contributed by atoms with Crippen molar-refractivity contribution in [2.24, 2.45) is 0 Å². The molecule has 2 aromatic carbocycles. The van der Waals surface area contributed by atoms with Gasteiger partial charge in [0.25, 0.3) is 5.69 Å². The summed E-state index contributed by atoms with van der Waals surface area (Å²) in [6, 6.07) is 8.12. The van der Waals surface area contributed by atoms with Crippen molar-refractivity contribution < 1.29 is 13.7 Å². The van der Waals surface area contributed by atoms with Gasteiger partial charge in [0.1, 0.15) is 5.02 Å². The van der Waals surface area contributed by atoms with Crippen molar-refractivity contribution in [3.05, 3.63) is 74.3 Å². The van der Waals surface area contributed by atoms with Gasteiger partial charge in [-0.2, -0.15) is 0 Å². The van der Waals surface area contributed by atoms with Gasteiger partial charge in [-0.25, -0.2) is 8.78 Å². The van der Waals surface area contributed by atoms with E-state index in [4.69, 9.17) is 11.6 Å². The Labute approximate surface area is 124 Å². The second kappa shape index (κ2) is 6.60. The molecule has 0 amide bonds. The lowest BCUT2D eigenvalue weighted by Crippen LogP contribution is -2.13. The maximum absolute atomic E-state index is 13.0. The Morgan fingerprint density at radius 3 is 2.29 bits per heavy atom. The quantitative estimate of drug-likeness (QED) is 0.674. The topological polar surface area (TPSA) is 55.2 Å². The molecule has 0 fully saturated rings. The van der Waals surface area contributed by atoms with Gasteiger partial charge >= 0.3 is 0 Å². The fourth-order valence-corrected chi connectivity index (χ4v) is 2.00. The van der Waals surface area contributed by atoms with Gasteiger partial charge in [-0.3, -0.25) is 10.1 Å². The van der Waals surface area contributed by atoms with Crippen LogP contribution in [0.15, 0.2) is 36.4 Å². The van der Waals surface area contributed by atoms with Crippen LogP contribution < -0.4 is 5.32 Å². The summed E-state index contributed by atoms with van der Waals surface area (Å²) in [7, 11) is 0. The average Bonchev–Trinajstić information content (AvgIpc) is 2.44. The van der Waals surface area contributed by atoms with E-state index in [2.05, 4.69) is 5.32 Å². The lowest BCUT2D eigenvalue weighted by Gasteiger charge is -2.06. The zero-order chi connectivity index (χ0) is 15.4. The Bertz CT molecular complexity index is 680. The lowest BCUT2D eigenvalue weighted by molar-refractivity contribution is -0.384. The first-order valence-corrected chi connectivity index (χ1v) is 6.42. The Kier molecular flexibility index (Phi) is 4.82. The number of nitro benzene ring substituents is 1. The predicted octanol–water partition coefficient (Wildman–Crippen LogP) is 3.82. The summed E-state index contributed by atoms with van der Waals surface area (Å²) in [5, 5.41) is 13.8. The molecule has 21 heavy (non-hydrogen) atoms. The molecular formula is C14H11ClF2N2O2. The third-order valence-corrected chi connectivity index (χ3v) is 3.17. The minimum atomic E-state index is -0.906. The number of hydrogen-bond acceptors (Lipinski definition) is 3. The molecule has 0 unspecified atom stereocenters. The zero-order valence-electron chi connectivity index (χ0n) is 10.8. The van der Waals surface area contributed by atoms with E-state index in [1.165, 1.54) is 18.2 Å². The normalized spacial score (nSPS) is 10.6. The molecule has 0 radical (unpaired) electrons. The number of nitrogens with one attached hydrogen (secondary N) is 1. The molecule has 0 bridgehead atoms. The number of nitrogens with zero attached hydrogens (tertiary/aromatic N) is 1. The average molecular weight is 313 g/mol. The Morgan fingerprint density at radius 2 is 1.67 bits per heavy atom. The van der Waals surface area contributed by atoms with Gasteiger partial charge in [0.05, 0.1) is 4.92 Å². The third kappa shape index (κ3) is 3.96. The Morgan fingerprint density at radius 1 is 1.05 bits per heavy atom. The van der Waals surface area contributed by atoms with E-state index < -0.39 is 16.6 Å². The summed E-state index contributed by atoms with van der Waals surface area (Å²) in [5.74, 6) is -1.80. The van der Waals surface area contributed by atoms with E-state index in [0.29, 0.717) is 24.2 Å². The Balaban J connectivity index is 1.98. The van der Waals surface area contributed by atoms with E-state index in [9.17, 15) is 18.9 Å². The summed E-state index contributed by atoms with van der Waals surface area (Å²) in [6.45, 7) is 0.657. The van der Waals surface area contributed by atoms with Crippen LogP contribution in [0.3, 0.4) is 0 Å². The largest absolute Gasteiger partial charge is 0.309 e. The van der Waals surface area contributed by atoms with Gasteiger partial charge in [0.15, 0.2) is 11.6 Å². The van der Waals surface area contributed by atoms with E-state index in [0.717, 1.165) is 12.1 Å². The standard InChI is InChI=1S/C14H11ClF2N2O2/c15-11-3-1-10(6-14(11)19(20)21)8-18-7-9-2-4-12(16)13(17)5-9/h1-6,18H,7-8H2. The van der Waals surface area contributed by atoms with Crippen molar-refractivity contribution in [1.29, 1.82) is 0 Å². The fourth-order valence-electron chi connectivity index (χ4n) is 1.81. The second-order valence-corrected chi connectivity index (χ2v) is 4.80. The molecule has 0 saturated heterocycles. The van der Waals surface area contributed by atoms with Gasteiger partial charge in [0.2, 0.25) is 0 Å². The first-order valence-electron chi connectivity index (χ1n) is 6.05. The highest BCUT2D eigenvalue weighted by Crippen LogP contribution is 2.25. The van der Waals surface area contributed by atoms with Crippen molar-refractivity contribution >= 4 is 17.3 Å². The predicted molar refractivity (Wildman–Crippen MR) is 75.0 cm³/mol. The van der Waals surface area contributed by atoms with Gasteiger partial charge in [-0.05, 0) is 29.3 Å². The van der Waals surface area contributed by atoms with Crippen LogP contribution in [0.2, 0.25) is 5.02 Å². The monoisotopic (exact) mass is 312 g/mol. The number of halogens is 3. The summed E-state index contributed by atoms with van der Waals surface area (Å²) < 4.78 is 25.8. The maximum Gasteiger partial charge on any atom is 0.288 e. The molecule has 2 rings (SSSR count). The molecule has 1 N–H and O–H groups in total. The minimum absolute atomic E-state index is 0.0735. The molecule has 0 saturated carbocycles. The van der Waals surface area contributed by atoms with E-state index in [1.807, 2.05) is 0 Å². The highest BCUT2D eigenvalue weighted by atomic mass is 35.5. The lowest BCUT2D eigenvalue weighted by atomic mass is 10.2. The van der Waals surface area contributed by atoms with Crippen LogP contribution in [0.5, 0.6) is 0 Å². The number of benzene rings is 2. The van der Waals surface area contributed by atoms with Crippen molar-refractivity contribution in [2.75, 3.05) is 0 Å². The summed E-state index contributed by atoms with van der Waals surface area (Å²) in [5.41, 5.74) is 1.09. The molecule has 7 heteroatoms. The van der Waals surface area contributed by atoms with Crippen molar-refractivity contribution in [3.63, 3.8) is 0 Å². The zero-order valence-corrected chi connectivity index (χ0v) is 11.5. The van der Waals surface area contributed by atoms with Crippen molar-refractivity contribution in [1.82, 2.24) is 5.32 Å². The number of hydrogen-bond donors (Lipinski definition) is 1. The first kappa shape index (κ1) is 15.3. The molecule has 0 aliphatic heterocycles. The number of nitro groups is 1. The third-order valence-electron chi connectivity index (χ3n) is 2.85. The highest BCUT2D eigenvalue weighted by molar-refractivity contribution is 6.32. The van der Waals surface area contributed by atoms with Gasteiger partial charge in [-0.15, -0.1) is 0 Å². The molecule has 0 aliphatic rings. The van der Waals surface area contributed by atoms with Crippen LogP contribution in [-0.4, -0.2) is 4.92 Å². The summed E-state index contributed by atoms with van der Waals surface area (Å²) in [4.78, 5) is 10.2. The van der Waals surface area contributed by atoms with Crippen LogP contribution in [0.4, 0.5) is 14.5 Å².